The molecule has 0 radical (unpaired) electrons. The van der Waals surface area contributed by atoms with Crippen molar-refractivity contribution >= 4 is 40.5 Å². The molecular formula is C21H25ClN6O3. The van der Waals surface area contributed by atoms with E-state index in [0.717, 1.165) is 47.2 Å². The van der Waals surface area contributed by atoms with Crippen LogP contribution in [0, 0.1) is 0 Å². The van der Waals surface area contributed by atoms with E-state index in [-0.39, 0.29) is 24.2 Å². The highest BCUT2D eigenvalue weighted by Gasteiger charge is 2.29. The predicted molar refractivity (Wildman–Crippen MR) is 120 cm³/mol. The Balaban J connectivity index is 0.00000231. The van der Waals surface area contributed by atoms with Gasteiger partial charge in [0.25, 0.3) is 5.91 Å². The monoisotopic (exact) mass is 444 g/mol. The van der Waals surface area contributed by atoms with Crippen molar-refractivity contribution in [3.8, 4) is 11.3 Å². The first-order valence-corrected chi connectivity index (χ1v) is 10.1. The van der Waals surface area contributed by atoms with Crippen molar-refractivity contribution in [1.82, 2.24) is 20.1 Å². The number of aliphatic hydroxyl groups excluding tert-OH is 1. The Bertz CT molecular complexity index is 1170. The Kier molecular flexibility index (Phi) is 5.74. The lowest BCUT2D eigenvalue weighted by Gasteiger charge is -2.21. The third-order valence-electron chi connectivity index (χ3n) is 5.81. The molecule has 10 heteroatoms. The van der Waals surface area contributed by atoms with Gasteiger partial charge in [0.1, 0.15) is 0 Å². The Morgan fingerprint density at radius 2 is 2.23 bits per heavy atom. The van der Waals surface area contributed by atoms with Crippen LogP contribution in [0.2, 0.25) is 0 Å². The molecule has 4 heterocycles. The van der Waals surface area contributed by atoms with Crippen molar-refractivity contribution < 1.29 is 14.3 Å². The van der Waals surface area contributed by atoms with Crippen molar-refractivity contribution in [2.24, 2.45) is 12.8 Å². The van der Waals surface area contributed by atoms with Crippen LogP contribution in [0.15, 0.2) is 28.8 Å². The van der Waals surface area contributed by atoms with Gasteiger partial charge >= 0.3 is 0 Å². The fourth-order valence-corrected chi connectivity index (χ4v) is 4.22. The van der Waals surface area contributed by atoms with E-state index in [1.807, 2.05) is 25.3 Å². The van der Waals surface area contributed by atoms with Crippen molar-refractivity contribution in [3.63, 3.8) is 0 Å². The molecule has 9 nitrogen and oxygen atoms in total. The number of oxazole rings is 1. The molecule has 0 saturated carbocycles. The van der Waals surface area contributed by atoms with E-state index in [1.165, 1.54) is 0 Å². The standard InChI is InChI=1S/C21H24N6O3.ClH/c1-26-16-9-15(17(8-13(16)10-24-26)27-7-4-14(28)11-27)19-18(20(22)29)25-21(30-19)12-2-5-23-6-3-12;/h2,8-10,14,23,28H,3-7,11H2,1H3,(H2,22,29);1H. The molecule has 1 amide bonds. The van der Waals surface area contributed by atoms with Gasteiger partial charge in [-0.3, -0.25) is 9.48 Å². The Hall–Kier alpha value is -2.88. The third-order valence-corrected chi connectivity index (χ3v) is 5.81. The molecule has 0 bridgehead atoms. The number of aryl methyl sites for hydroxylation is 1. The van der Waals surface area contributed by atoms with Gasteiger partial charge in [-0.2, -0.15) is 5.10 Å². The normalized spacial score (nSPS) is 18.8. The summed E-state index contributed by atoms with van der Waals surface area (Å²) in [5.74, 6) is 0.154. The SMILES string of the molecule is Cl.Cn1ncc2cc(N3CCC(O)C3)c(-c3oc(C4=CCNCC4)nc3C(N)=O)cc21. The minimum Gasteiger partial charge on any atom is -0.436 e. The molecule has 5 rings (SSSR count). The van der Waals surface area contributed by atoms with Crippen LogP contribution < -0.4 is 16.0 Å². The average Bonchev–Trinajstić information content (AvgIpc) is 3.46. The quantitative estimate of drug-likeness (QED) is 0.559. The summed E-state index contributed by atoms with van der Waals surface area (Å²) in [5.41, 5.74) is 9.26. The Labute approximate surface area is 185 Å². The number of rotatable bonds is 4. The highest BCUT2D eigenvalue weighted by Crippen LogP contribution is 2.39. The molecule has 1 unspecified atom stereocenters. The molecule has 0 aliphatic carbocycles. The van der Waals surface area contributed by atoms with Crippen molar-refractivity contribution in [2.45, 2.75) is 18.9 Å². The first-order chi connectivity index (χ1) is 14.5. The summed E-state index contributed by atoms with van der Waals surface area (Å²) in [6.45, 7) is 2.79. The maximum absolute atomic E-state index is 12.3. The second kappa shape index (κ2) is 8.33. The maximum atomic E-state index is 12.3. The number of fused-ring (bicyclic) bond motifs is 1. The molecule has 1 aromatic carbocycles. The number of amides is 1. The molecule has 1 fully saturated rings. The number of nitrogens with zero attached hydrogens (tertiary/aromatic N) is 4. The number of benzene rings is 1. The predicted octanol–water partition coefficient (Wildman–Crippen LogP) is 1.70. The molecule has 2 aromatic heterocycles. The molecule has 1 atom stereocenters. The van der Waals surface area contributed by atoms with E-state index in [9.17, 15) is 9.90 Å². The number of carbonyl (C=O) groups is 1. The highest BCUT2D eigenvalue weighted by atomic mass is 35.5. The molecule has 1 saturated heterocycles. The minimum absolute atomic E-state index is 0. The number of anilines is 1. The van der Waals surface area contributed by atoms with E-state index in [1.54, 1.807) is 10.9 Å². The summed E-state index contributed by atoms with van der Waals surface area (Å²) in [6.07, 6.45) is 4.89. The molecule has 3 aromatic rings. The zero-order valence-electron chi connectivity index (χ0n) is 17.2. The highest BCUT2D eigenvalue weighted by molar-refractivity contribution is 6.01. The fraction of sp³-hybridized carbons (Fsp3) is 0.381. The van der Waals surface area contributed by atoms with Gasteiger partial charge in [0.05, 0.1) is 17.8 Å². The summed E-state index contributed by atoms with van der Waals surface area (Å²) < 4.78 is 7.94. The molecule has 4 N–H and O–H groups in total. The van der Waals surface area contributed by atoms with E-state index in [2.05, 4.69) is 20.3 Å². The first kappa shape index (κ1) is 21.4. The van der Waals surface area contributed by atoms with Gasteiger partial charge in [-0.15, -0.1) is 12.4 Å². The molecule has 2 aliphatic heterocycles. The number of nitrogens with two attached hydrogens (primary N) is 1. The van der Waals surface area contributed by atoms with Crippen molar-refractivity contribution in [2.75, 3.05) is 31.1 Å². The Morgan fingerprint density at radius 3 is 2.90 bits per heavy atom. The molecule has 31 heavy (non-hydrogen) atoms. The van der Waals surface area contributed by atoms with Gasteiger partial charge in [0.2, 0.25) is 5.89 Å². The van der Waals surface area contributed by atoms with E-state index < -0.39 is 5.91 Å². The number of aromatic nitrogens is 3. The summed E-state index contributed by atoms with van der Waals surface area (Å²) in [5, 5.41) is 18.6. The van der Waals surface area contributed by atoms with Crippen molar-refractivity contribution in [3.05, 3.63) is 36.0 Å². The van der Waals surface area contributed by atoms with Crippen LogP contribution in [0.5, 0.6) is 0 Å². The van der Waals surface area contributed by atoms with E-state index in [4.69, 9.17) is 10.2 Å². The van der Waals surface area contributed by atoms with Crippen LogP contribution in [0.4, 0.5) is 5.69 Å². The number of carbonyl (C=O) groups excluding carboxylic acids is 1. The van der Waals surface area contributed by atoms with Crippen LogP contribution in [-0.4, -0.2) is 58.1 Å². The lowest BCUT2D eigenvalue weighted by molar-refractivity contribution is 0.0996. The van der Waals surface area contributed by atoms with E-state index >= 15 is 0 Å². The summed E-state index contributed by atoms with van der Waals surface area (Å²) >= 11 is 0. The van der Waals surface area contributed by atoms with Gasteiger partial charge < -0.3 is 25.5 Å². The molecule has 164 valence electrons. The number of β-amino-alcohol motifs (C(OH)–C–C–N with tert-alkyl or cyclic N) is 1. The van der Waals surface area contributed by atoms with Crippen LogP contribution in [0.25, 0.3) is 27.8 Å². The second-order valence-electron chi connectivity index (χ2n) is 7.83. The number of aliphatic hydroxyl groups is 1. The Morgan fingerprint density at radius 1 is 1.39 bits per heavy atom. The number of halogens is 1. The smallest absolute Gasteiger partial charge is 0.271 e. The topological polar surface area (TPSA) is 122 Å². The van der Waals surface area contributed by atoms with Crippen molar-refractivity contribution in [1.29, 1.82) is 0 Å². The number of nitrogens with one attached hydrogen (secondary N) is 1. The minimum atomic E-state index is -0.632. The zero-order valence-corrected chi connectivity index (χ0v) is 18.0. The maximum Gasteiger partial charge on any atom is 0.271 e. The number of hydrogen-bond acceptors (Lipinski definition) is 7. The molecule has 2 aliphatic rings. The largest absolute Gasteiger partial charge is 0.436 e. The first-order valence-electron chi connectivity index (χ1n) is 10.1. The van der Waals surface area contributed by atoms with Gasteiger partial charge in [-0.25, -0.2) is 4.98 Å². The lowest BCUT2D eigenvalue weighted by atomic mass is 10.0. The van der Waals surface area contributed by atoms with Crippen LogP contribution in [0.3, 0.4) is 0 Å². The average molecular weight is 445 g/mol. The summed E-state index contributed by atoms with van der Waals surface area (Å²) in [6, 6.07) is 3.97. The summed E-state index contributed by atoms with van der Waals surface area (Å²) in [7, 11) is 1.87. The molecule has 0 spiro atoms. The van der Waals surface area contributed by atoms with Crippen LogP contribution in [-0.2, 0) is 7.05 Å². The van der Waals surface area contributed by atoms with Gasteiger partial charge in [0, 0.05) is 48.9 Å². The fourth-order valence-electron chi connectivity index (χ4n) is 4.22. The van der Waals surface area contributed by atoms with E-state index in [0.29, 0.717) is 31.2 Å². The number of primary amides is 1. The van der Waals surface area contributed by atoms with Crippen LogP contribution in [0.1, 0.15) is 29.2 Å². The second-order valence-corrected chi connectivity index (χ2v) is 7.83. The zero-order chi connectivity index (χ0) is 20.8. The van der Waals surface area contributed by atoms with Crippen LogP contribution >= 0.6 is 12.4 Å². The molecular weight excluding hydrogens is 420 g/mol. The van der Waals surface area contributed by atoms with Gasteiger partial charge in [-0.1, -0.05) is 6.08 Å². The van der Waals surface area contributed by atoms with Gasteiger partial charge in [0.15, 0.2) is 11.5 Å². The summed E-state index contributed by atoms with van der Waals surface area (Å²) in [4.78, 5) is 18.8. The third kappa shape index (κ3) is 3.80. The number of hydrogen-bond donors (Lipinski definition) is 3. The van der Waals surface area contributed by atoms with Gasteiger partial charge in [-0.05, 0) is 31.5 Å². The lowest BCUT2D eigenvalue weighted by Crippen LogP contribution is -2.22.